The molecule has 8 rings (SSSR count). The van der Waals surface area contributed by atoms with Crippen LogP contribution in [0.1, 0.15) is 0 Å². The largest absolute Gasteiger partial charge is 0.508 e. The molecule has 0 aliphatic carbocycles. The molecular weight excluding hydrogens is 614 g/mol. The third-order valence-corrected chi connectivity index (χ3v) is 8.62. The molecule has 0 spiro atoms. The molecule has 8 nitrogen and oxygen atoms in total. The highest BCUT2D eigenvalue weighted by atomic mass is 16.3. The van der Waals surface area contributed by atoms with Crippen molar-refractivity contribution in [3.8, 4) is 85.2 Å². The predicted molar refractivity (Wildman–Crippen MR) is 190 cm³/mol. The smallest absolute Gasteiger partial charge is 0.164 e. The summed E-state index contributed by atoms with van der Waals surface area (Å²) in [7, 11) is 0. The zero-order valence-corrected chi connectivity index (χ0v) is 25.8. The van der Waals surface area contributed by atoms with Crippen molar-refractivity contribution in [1.29, 1.82) is 0 Å². The molecule has 0 bridgehead atoms. The zero-order valence-electron chi connectivity index (χ0n) is 25.8. The molecule has 0 saturated heterocycles. The van der Waals surface area contributed by atoms with E-state index in [0.717, 1.165) is 44.2 Å². The number of hydrogen-bond acceptors (Lipinski definition) is 8. The Kier molecular flexibility index (Phi) is 7.04. The van der Waals surface area contributed by atoms with E-state index >= 15 is 0 Å². The molecule has 5 N–H and O–H groups in total. The summed E-state index contributed by atoms with van der Waals surface area (Å²) in [5.74, 6) is 1.86. The predicted octanol–water partition coefficient (Wildman–Crippen LogP) is 9.04. The molecule has 7 aromatic carbocycles. The van der Waals surface area contributed by atoms with Gasteiger partial charge < -0.3 is 25.5 Å². The van der Waals surface area contributed by atoms with Gasteiger partial charge in [0.1, 0.15) is 28.7 Å². The molecule has 0 aliphatic heterocycles. The van der Waals surface area contributed by atoms with Gasteiger partial charge in [0.05, 0.1) is 0 Å². The Morgan fingerprint density at radius 1 is 0.286 bits per heavy atom. The number of aromatic nitrogens is 3. The number of phenols is 5. The second-order valence-electron chi connectivity index (χ2n) is 11.7. The molecule has 0 aliphatic rings. The van der Waals surface area contributed by atoms with E-state index in [2.05, 4.69) is 0 Å². The van der Waals surface area contributed by atoms with Gasteiger partial charge >= 0.3 is 0 Å². The molecule has 8 aromatic rings. The molecule has 0 saturated carbocycles. The van der Waals surface area contributed by atoms with E-state index in [4.69, 9.17) is 15.0 Å². The highest BCUT2D eigenvalue weighted by Crippen LogP contribution is 2.38. The number of rotatable bonds is 5. The van der Waals surface area contributed by atoms with Crippen LogP contribution in [0, 0.1) is 0 Å². The quantitative estimate of drug-likeness (QED) is 0.125. The van der Waals surface area contributed by atoms with Gasteiger partial charge in [-0.15, -0.1) is 0 Å². The molecule has 49 heavy (non-hydrogen) atoms. The van der Waals surface area contributed by atoms with Gasteiger partial charge in [-0.25, -0.2) is 15.0 Å². The number of fused-ring (bicyclic) bond motifs is 2. The Hall–Kier alpha value is -6.93. The number of phenolic OH excluding ortho intramolecular Hbond substituents is 5. The number of hydrogen-bond donors (Lipinski definition) is 5. The maximum atomic E-state index is 10.4. The second-order valence-corrected chi connectivity index (χ2v) is 11.7. The van der Waals surface area contributed by atoms with Gasteiger partial charge in [0.2, 0.25) is 0 Å². The first kappa shape index (κ1) is 29.5. The maximum Gasteiger partial charge on any atom is 0.164 e. The standard InChI is InChI=1S/C41H27N3O5/c45-28-11-9-27(10-12-28)41-43-39(25-5-1-23(2-6-25)31-17-19-37(48)35-21-29(46)13-15-33(31)35)42-40(44-41)26-7-3-24(4-8-26)32-18-20-38(49)36-22-30(47)14-16-34(32)36/h1-22,45-49H. The maximum absolute atomic E-state index is 10.4. The van der Waals surface area contributed by atoms with Crippen molar-refractivity contribution >= 4 is 21.5 Å². The van der Waals surface area contributed by atoms with Gasteiger partial charge in [-0.3, -0.25) is 0 Å². The van der Waals surface area contributed by atoms with Gasteiger partial charge in [-0.2, -0.15) is 0 Å². The van der Waals surface area contributed by atoms with Crippen molar-refractivity contribution in [2.75, 3.05) is 0 Å². The first-order valence-corrected chi connectivity index (χ1v) is 15.5. The van der Waals surface area contributed by atoms with Gasteiger partial charge in [-0.05, 0) is 106 Å². The van der Waals surface area contributed by atoms with E-state index in [0.29, 0.717) is 33.8 Å². The van der Waals surface area contributed by atoms with Crippen LogP contribution in [0.2, 0.25) is 0 Å². The monoisotopic (exact) mass is 641 g/mol. The fourth-order valence-corrected chi connectivity index (χ4v) is 6.12. The number of aromatic hydroxyl groups is 5. The van der Waals surface area contributed by atoms with Crippen LogP contribution < -0.4 is 0 Å². The summed E-state index contributed by atoms with van der Waals surface area (Å²) in [6.45, 7) is 0. The summed E-state index contributed by atoms with van der Waals surface area (Å²) in [6.07, 6.45) is 0. The molecule has 8 heteroatoms. The van der Waals surface area contributed by atoms with Crippen molar-refractivity contribution in [3.63, 3.8) is 0 Å². The van der Waals surface area contributed by atoms with Crippen LogP contribution in [0.3, 0.4) is 0 Å². The van der Waals surface area contributed by atoms with Crippen LogP contribution in [-0.2, 0) is 0 Å². The molecule has 0 atom stereocenters. The lowest BCUT2D eigenvalue weighted by atomic mass is 9.96. The molecule has 0 radical (unpaired) electrons. The van der Waals surface area contributed by atoms with Gasteiger partial charge in [0.15, 0.2) is 17.5 Å². The molecule has 0 fully saturated rings. The fourth-order valence-electron chi connectivity index (χ4n) is 6.12. The minimum Gasteiger partial charge on any atom is -0.508 e. The molecule has 1 aromatic heterocycles. The lowest BCUT2D eigenvalue weighted by Crippen LogP contribution is -2.00. The summed E-state index contributed by atoms with van der Waals surface area (Å²) >= 11 is 0. The van der Waals surface area contributed by atoms with Crippen molar-refractivity contribution < 1.29 is 25.5 Å². The summed E-state index contributed by atoms with van der Waals surface area (Å²) < 4.78 is 0. The van der Waals surface area contributed by atoms with Crippen LogP contribution in [0.15, 0.2) is 133 Å². The van der Waals surface area contributed by atoms with Crippen LogP contribution in [-0.4, -0.2) is 40.5 Å². The van der Waals surface area contributed by atoms with Crippen molar-refractivity contribution in [1.82, 2.24) is 15.0 Å². The Morgan fingerprint density at radius 3 is 1.00 bits per heavy atom. The Morgan fingerprint density at radius 2 is 0.612 bits per heavy atom. The zero-order chi connectivity index (χ0) is 33.6. The Balaban J connectivity index is 1.20. The molecule has 1 heterocycles. The summed E-state index contributed by atoms with van der Waals surface area (Å²) in [4.78, 5) is 14.5. The lowest BCUT2D eigenvalue weighted by Gasteiger charge is -2.12. The Labute approximate surface area is 280 Å². The second kappa shape index (κ2) is 11.7. The van der Waals surface area contributed by atoms with Crippen molar-refractivity contribution in [3.05, 3.63) is 133 Å². The minimum atomic E-state index is 0.0787. The number of benzene rings is 7. The van der Waals surface area contributed by atoms with E-state index in [1.807, 2.05) is 60.7 Å². The van der Waals surface area contributed by atoms with E-state index < -0.39 is 0 Å². The Bertz CT molecular complexity index is 2380. The van der Waals surface area contributed by atoms with Crippen LogP contribution >= 0.6 is 0 Å². The fraction of sp³-hybridized carbons (Fsp3) is 0. The SMILES string of the molecule is Oc1ccc(-c2nc(-c3ccc(-c4ccc(O)c5cc(O)ccc45)cc3)nc(-c3ccc(-c4ccc(O)c5cc(O)ccc45)cc3)n2)cc1. The van der Waals surface area contributed by atoms with Gasteiger partial charge in [0, 0.05) is 27.5 Å². The van der Waals surface area contributed by atoms with Crippen LogP contribution in [0.5, 0.6) is 28.7 Å². The van der Waals surface area contributed by atoms with Crippen molar-refractivity contribution in [2.24, 2.45) is 0 Å². The van der Waals surface area contributed by atoms with E-state index in [1.165, 1.54) is 0 Å². The average Bonchev–Trinajstić information content (AvgIpc) is 3.13. The van der Waals surface area contributed by atoms with Gasteiger partial charge in [-0.1, -0.05) is 60.7 Å². The van der Waals surface area contributed by atoms with Crippen LogP contribution in [0.4, 0.5) is 0 Å². The molecular formula is C41H27N3O5. The van der Waals surface area contributed by atoms with E-state index in [-0.39, 0.29) is 28.7 Å². The first-order chi connectivity index (χ1) is 23.8. The highest BCUT2D eigenvalue weighted by Gasteiger charge is 2.15. The summed E-state index contributed by atoms with van der Waals surface area (Å²) in [6, 6.07) is 39.1. The number of nitrogens with zero attached hydrogens (tertiary/aromatic N) is 3. The average molecular weight is 642 g/mol. The van der Waals surface area contributed by atoms with E-state index in [9.17, 15) is 25.5 Å². The normalized spacial score (nSPS) is 11.3. The lowest BCUT2D eigenvalue weighted by molar-refractivity contribution is 0.471. The first-order valence-electron chi connectivity index (χ1n) is 15.5. The molecule has 236 valence electrons. The third-order valence-electron chi connectivity index (χ3n) is 8.62. The third kappa shape index (κ3) is 5.47. The minimum absolute atomic E-state index is 0.0787. The highest BCUT2D eigenvalue weighted by molar-refractivity contribution is 6.01. The topological polar surface area (TPSA) is 140 Å². The molecule has 0 unspecified atom stereocenters. The van der Waals surface area contributed by atoms with Gasteiger partial charge in [0.25, 0.3) is 0 Å². The summed E-state index contributed by atoms with van der Waals surface area (Å²) in [5, 5.41) is 53.3. The van der Waals surface area contributed by atoms with Crippen LogP contribution in [0.25, 0.3) is 78.0 Å². The van der Waals surface area contributed by atoms with E-state index in [1.54, 1.807) is 72.8 Å². The molecule has 0 amide bonds. The summed E-state index contributed by atoms with van der Waals surface area (Å²) in [5.41, 5.74) is 5.89. The van der Waals surface area contributed by atoms with Crippen molar-refractivity contribution in [2.45, 2.75) is 0 Å².